The van der Waals surface area contributed by atoms with Crippen molar-refractivity contribution in [2.75, 3.05) is 4.43 Å². The average molecular weight is 343 g/mol. The predicted octanol–water partition coefficient (Wildman–Crippen LogP) is 2.57. The fourth-order valence-electron chi connectivity index (χ4n) is 0.812. The Morgan fingerprint density at radius 2 is 1.88 bits per heavy atom. The molecule has 0 unspecified atom stereocenters. The monoisotopic (exact) mass is 343 g/mol. The molecule has 6 heteroatoms. The van der Waals surface area contributed by atoms with Crippen LogP contribution < -0.4 is 5.48 Å². The second-order valence-electron chi connectivity index (χ2n) is 4.22. The zero-order valence-electron chi connectivity index (χ0n) is 9.84. The Labute approximate surface area is 109 Å². The van der Waals surface area contributed by atoms with Crippen LogP contribution >= 0.6 is 22.6 Å². The third kappa shape index (κ3) is 10.0. The number of halogens is 1. The van der Waals surface area contributed by atoms with E-state index < -0.39 is 17.7 Å². The number of alkyl halides is 1. The van der Waals surface area contributed by atoms with Gasteiger partial charge in [0.25, 0.3) is 0 Å². The molecule has 0 bridgehead atoms. The largest absolute Gasteiger partial charge is 0.442 e. The van der Waals surface area contributed by atoms with Gasteiger partial charge < -0.3 is 9.57 Å². The number of nitrogens with one attached hydrogen (secondary N) is 1. The molecule has 0 fully saturated rings. The fraction of sp³-hybridized carbons (Fsp3) is 0.800. The lowest BCUT2D eigenvalue weighted by Crippen LogP contribution is -2.34. The molecule has 0 radical (unpaired) electrons. The Morgan fingerprint density at radius 1 is 1.25 bits per heavy atom. The number of amides is 1. The number of carbonyl (C=O) groups is 2. The number of rotatable bonds is 4. The van der Waals surface area contributed by atoms with E-state index >= 15 is 0 Å². The van der Waals surface area contributed by atoms with E-state index in [4.69, 9.17) is 4.74 Å². The topological polar surface area (TPSA) is 64.6 Å². The number of carbonyl (C=O) groups excluding carboxylic acids is 2. The van der Waals surface area contributed by atoms with E-state index in [1.165, 1.54) is 0 Å². The van der Waals surface area contributed by atoms with E-state index in [1.54, 1.807) is 20.8 Å². The van der Waals surface area contributed by atoms with Crippen molar-refractivity contribution >= 4 is 34.7 Å². The number of unbranched alkanes of at least 4 members (excludes halogenated alkanes) is 1. The third-order valence-electron chi connectivity index (χ3n) is 1.41. The molecular formula is C10H18INO4. The van der Waals surface area contributed by atoms with Crippen LogP contribution in [-0.4, -0.2) is 22.1 Å². The molecule has 5 nitrogen and oxygen atoms in total. The molecule has 0 spiro atoms. The first kappa shape index (κ1) is 15.5. The molecule has 1 N–H and O–H groups in total. The molecular weight excluding hydrogens is 325 g/mol. The van der Waals surface area contributed by atoms with Gasteiger partial charge in [0.1, 0.15) is 5.60 Å². The fourth-order valence-corrected chi connectivity index (χ4v) is 1.35. The SMILES string of the molecule is CC(C)(C)OC(=O)NOC(=O)CCCCI. The summed E-state index contributed by atoms with van der Waals surface area (Å²) in [5.41, 5.74) is 1.35. The van der Waals surface area contributed by atoms with Crippen LogP contribution in [0.2, 0.25) is 0 Å². The Kier molecular flexibility index (Phi) is 7.44. The molecule has 1 amide bonds. The summed E-state index contributed by atoms with van der Waals surface area (Å²) in [5, 5.41) is 0. The summed E-state index contributed by atoms with van der Waals surface area (Å²) in [7, 11) is 0. The lowest BCUT2D eigenvalue weighted by Gasteiger charge is -2.19. The van der Waals surface area contributed by atoms with E-state index in [-0.39, 0.29) is 0 Å². The first-order chi connectivity index (χ1) is 7.35. The highest BCUT2D eigenvalue weighted by Gasteiger charge is 2.17. The summed E-state index contributed by atoms with van der Waals surface area (Å²) < 4.78 is 5.89. The lowest BCUT2D eigenvalue weighted by molar-refractivity contribution is -0.150. The van der Waals surface area contributed by atoms with Gasteiger partial charge in [-0.1, -0.05) is 22.6 Å². The summed E-state index contributed by atoms with van der Waals surface area (Å²) in [6, 6.07) is 0. The van der Waals surface area contributed by atoms with Crippen molar-refractivity contribution in [2.24, 2.45) is 0 Å². The van der Waals surface area contributed by atoms with Gasteiger partial charge in [0.2, 0.25) is 0 Å². The third-order valence-corrected chi connectivity index (χ3v) is 2.17. The van der Waals surface area contributed by atoms with Gasteiger partial charge in [-0.25, -0.2) is 9.59 Å². The van der Waals surface area contributed by atoms with Gasteiger partial charge in [0, 0.05) is 6.42 Å². The Hall–Kier alpha value is -0.530. The van der Waals surface area contributed by atoms with Crippen molar-refractivity contribution in [2.45, 2.75) is 45.6 Å². The van der Waals surface area contributed by atoms with Gasteiger partial charge in [-0.05, 0) is 38.0 Å². The van der Waals surface area contributed by atoms with Crippen molar-refractivity contribution in [3.05, 3.63) is 0 Å². The van der Waals surface area contributed by atoms with Gasteiger partial charge >= 0.3 is 12.1 Å². The highest BCUT2D eigenvalue weighted by Crippen LogP contribution is 2.06. The van der Waals surface area contributed by atoms with Crippen LogP contribution in [-0.2, 0) is 14.4 Å². The van der Waals surface area contributed by atoms with E-state index in [1.807, 2.05) is 5.48 Å². The number of hydrogen-bond acceptors (Lipinski definition) is 4. The van der Waals surface area contributed by atoms with Crippen LogP contribution in [0.25, 0.3) is 0 Å². The van der Waals surface area contributed by atoms with Crippen LogP contribution in [0.4, 0.5) is 4.79 Å². The van der Waals surface area contributed by atoms with E-state index in [9.17, 15) is 9.59 Å². The molecule has 0 aromatic carbocycles. The van der Waals surface area contributed by atoms with Gasteiger partial charge in [-0.3, -0.25) is 0 Å². The standard InChI is InChI=1S/C10H18INO4/c1-10(2,3)15-9(14)12-16-8(13)6-4-5-7-11/h4-7H2,1-3H3,(H,12,14). The van der Waals surface area contributed by atoms with E-state index in [2.05, 4.69) is 27.4 Å². The van der Waals surface area contributed by atoms with Crippen LogP contribution in [0, 0.1) is 0 Å². The molecule has 0 aliphatic heterocycles. The van der Waals surface area contributed by atoms with Crippen LogP contribution in [0.1, 0.15) is 40.0 Å². The zero-order chi connectivity index (χ0) is 12.6. The number of hydrogen-bond donors (Lipinski definition) is 1. The number of ether oxygens (including phenoxy) is 1. The van der Waals surface area contributed by atoms with Gasteiger partial charge in [0.15, 0.2) is 0 Å². The van der Waals surface area contributed by atoms with Gasteiger partial charge in [-0.2, -0.15) is 0 Å². The molecule has 94 valence electrons. The first-order valence-corrected chi connectivity index (χ1v) is 6.62. The molecule has 0 aromatic heterocycles. The average Bonchev–Trinajstić information content (AvgIpc) is 2.12. The summed E-state index contributed by atoms with van der Waals surface area (Å²) in [4.78, 5) is 26.7. The summed E-state index contributed by atoms with van der Waals surface area (Å²) >= 11 is 2.24. The first-order valence-electron chi connectivity index (χ1n) is 5.10. The minimum atomic E-state index is -0.755. The summed E-state index contributed by atoms with van der Waals surface area (Å²) in [5.74, 6) is -0.448. The second kappa shape index (κ2) is 7.70. The maximum atomic E-state index is 11.1. The smallest absolute Gasteiger partial charge is 0.441 e. The Balaban J connectivity index is 3.63. The minimum absolute atomic E-state index is 0.304. The quantitative estimate of drug-likeness (QED) is 0.369. The molecule has 0 heterocycles. The van der Waals surface area contributed by atoms with Crippen LogP contribution in [0.3, 0.4) is 0 Å². The molecule has 0 aliphatic carbocycles. The molecule has 0 rings (SSSR count). The van der Waals surface area contributed by atoms with Crippen molar-refractivity contribution in [3.63, 3.8) is 0 Å². The van der Waals surface area contributed by atoms with E-state index in [0.29, 0.717) is 6.42 Å². The number of hydroxylamine groups is 1. The molecule has 0 saturated heterocycles. The van der Waals surface area contributed by atoms with Crippen LogP contribution in [0.15, 0.2) is 0 Å². The molecule has 0 saturated carbocycles. The molecule has 0 aromatic rings. The minimum Gasteiger partial charge on any atom is -0.442 e. The highest BCUT2D eigenvalue weighted by atomic mass is 127. The van der Waals surface area contributed by atoms with Crippen molar-refractivity contribution < 1.29 is 19.2 Å². The van der Waals surface area contributed by atoms with Crippen molar-refractivity contribution in [1.29, 1.82) is 0 Å². The predicted molar refractivity (Wildman–Crippen MR) is 68.2 cm³/mol. The Morgan fingerprint density at radius 3 is 2.38 bits per heavy atom. The molecule has 0 aliphatic rings. The van der Waals surface area contributed by atoms with Crippen LogP contribution in [0.5, 0.6) is 0 Å². The van der Waals surface area contributed by atoms with Gasteiger partial charge in [-0.15, -0.1) is 5.48 Å². The van der Waals surface area contributed by atoms with Crippen molar-refractivity contribution in [1.82, 2.24) is 5.48 Å². The summed E-state index contributed by atoms with van der Waals surface area (Å²) in [6.07, 6.45) is 1.27. The van der Waals surface area contributed by atoms with Gasteiger partial charge in [0.05, 0.1) is 0 Å². The maximum Gasteiger partial charge on any atom is 0.441 e. The molecule has 16 heavy (non-hydrogen) atoms. The second-order valence-corrected chi connectivity index (χ2v) is 5.30. The summed E-state index contributed by atoms with van der Waals surface area (Å²) in [6.45, 7) is 5.19. The maximum absolute atomic E-state index is 11.1. The Bertz CT molecular complexity index is 237. The lowest BCUT2D eigenvalue weighted by atomic mass is 10.2. The zero-order valence-corrected chi connectivity index (χ0v) is 12.0. The van der Waals surface area contributed by atoms with Crippen molar-refractivity contribution in [3.8, 4) is 0 Å². The normalized spacial score (nSPS) is 10.8. The van der Waals surface area contributed by atoms with E-state index in [0.717, 1.165) is 17.3 Å². The molecule has 0 atom stereocenters. The highest BCUT2D eigenvalue weighted by molar-refractivity contribution is 14.1.